The molecule has 48 valence electrons. The predicted octanol–water partition coefficient (Wildman–Crippen LogP) is 0.806. The lowest BCUT2D eigenvalue weighted by molar-refractivity contribution is 1.08. The highest BCUT2D eigenvalue weighted by atomic mass is 35.5. The Morgan fingerprint density at radius 3 is 2.50 bits per heavy atom. The monoisotopic (exact) mass is 152 g/mol. The molecule has 0 spiro atoms. The van der Waals surface area contributed by atoms with Crippen LogP contribution in [0.1, 0.15) is 0 Å². The highest BCUT2D eigenvalue weighted by molar-refractivity contribution is 6.29. The summed E-state index contributed by atoms with van der Waals surface area (Å²) in [5.74, 6) is 0. The van der Waals surface area contributed by atoms with Gasteiger partial charge in [0, 0.05) is 0 Å². The molecule has 4 bridgehead atoms. The van der Waals surface area contributed by atoms with Gasteiger partial charge in [0.15, 0.2) is 16.8 Å². The summed E-state index contributed by atoms with van der Waals surface area (Å²) in [6.45, 7) is 0. The van der Waals surface area contributed by atoms with E-state index in [0.29, 0.717) is 5.28 Å². The first-order valence-electron chi connectivity index (χ1n) is 2.77. The molecular weight excluding hydrogens is 152 g/mol. The van der Waals surface area contributed by atoms with Crippen LogP contribution < -0.4 is 0 Å². The quantitative estimate of drug-likeness (QED) is 0.448. The highest BCUT2D eigenvalue weighted by Crippen LogP contribution is 2.24. The Kier molecular flexibility index (Phi) is 0.533. The van der Waals surface area contributed by atoms with Crippen LogP contribution >= 0.6 is 11.6 Å². The molecule has 0 radical (unpaired) electrons. The van der Waals surface area contributed by atoms with E-state index < -0.39 is 0 Å². The Bertz CT molecular complexity index is 410. The first-order valence-corrected chi connectivity index (χ1v) is 3.15. The number of nitrogens with zero attached hydrogens (tertiary/aromatic N) is 4. The summed E-state index contributed by atoms with van der Waals surface area (Å²) in [6.07, 6.45) is 1.69. The zero-order valence-electron chi connectivity index (χ0n) is 4.74. The molecule has 0 aromatic carbocycles. The fourth-order valence-corrected chi connectivity index (χ4v) is 1.29. The van der Waals surface area contributed by atoms with Crippen LogP contribution in [0.5, 0.6) is 0 Å². The smallest absolute Gasteiger partial charge is 0.226 e. The number of hydrogen-bond acceptors (Lipinski definition) is 3. The van der Waals surface area contributed by atoms with Gasteiger partial charge in [0.05, 0.1) is 0 Å². The van der Waals surface area contributed by atoms with Crippen LogP contribution in [0, 0.1) is 0 Å². The summed E-state index contributed by atoms with van der Waals surface area (Å²) in [4.78, 5) is 11.9. The van der Waals surface area contributed by atoms with Gasteiger partial charge in [0.2, 0.25) is 5.28 Å². The van der Waals surface area contributed by atoms with Crippen molar-refractivity contribution in [3.8, 4) is 0 Å². The van der Waals surface area contributed by atoms with Gasteiger partial charge >= 0.3 is 0 Å². The Morgan fingerprint density at radius 1 is 1.30 bits per heavy atom. The molecule has 0 aliphatic heterocycles. The lowest BCUT2D eigenvalue weighted by Gasteiger charge is -2.02. The molecule has 0 unspecified atom stereocenters. The van der Waals surface area contributed by atoms with Crippen LogP contribution in [-0.4, -0.2) is 19.4 Å². The van der Waals surface area contributed by atoms with E-state index in [1.54, 1.807) is 10.7 Å². The molecule has 0 fully saturated rings. The number of aromatic nitrogens is 4. The average molecular weight is 153 g/mol. The minimum Gasteiger partial charge on any atom is -0.265 e. The van der Waals surface area contributed by atoms with Crippen molar-refractivity contribution in [1.82, 2.24) is 19.4 Å². The Labute approximate surface area is 60.2 Å². The minimum atomic E-state index is 0.301. The van der Waals surface area contributed by atoms with Crippen LogP contribution in [0.15, 0.2) is 6.33 Å². The molecule has 0 N–H and O–H groups in total. The third-order valence-electron chi connectivity index (χ3n) is 1.58. The number of hydrogen-bond donors (Lipinski definition) is 0. The second-order valence-corrected chi connectivity index (χ2v) is 2.44. The fourth-order valence-electron chi connectivity index (χ4n) is 1.13. The zero-order chi connectivity index (χ0) is 6.72. The SMILES string of the molecule is Clc1nc2c3ncn2c3n1. The summed E-state index contributed by atoms with van der Waals surface area (Å²) in [5.41, 5.74) is 2.52. The van der Waals surface area contributed by atoms with Crippen molar-refractivity contribution in [3.05, 3.63) is 11.6 Å². The van der Waals surface area contributed by atoms with E-state index in [1.807, 2.05) is 0 Å². The maximum atomic E-state index is 5.55. The molecular formula is C5HClN4. The molecule has 5 aromatic rings. The topological polar surface area (TPSA) is 43.1 Å². The van der Waals surface area contributed by atoms with Crippen LogP contribution in [0.2, 0.25) is 5.28 Å². The van der Waals surface area contributed by atoms with Gasteiger partial charge in [-0.3, -0.25) is 4.40 Å². The van der Waals surface area contributed by atoms with E-state index in [1.165, 1.54) is 0 Å². The number of fused-ring (bicyclic) bond motifs is 3. The third-order valence-corrected chi connectivity index (χ3v) is 1.75. The van der Waals surface area contributed by atoms with Crippen molar-refractivity contribution in [3.63, 3.8) is 0 Å². The van der Waals surface area contributed by atoms with Gasteiger partial charge in [-0.15, -0.1) is 0 Å². The Balaban J connectivity index is 2.72. The Hall–Kier alpha value is -1.16. The van der Waals surface area contributed by atoms with Crippen LogP contribution in [0.3, 0.4) is 0 Å². The van der Waals surface area contributed by atoms with Crippen LogP contribution in [0.4, 0.5) is 0 Å². The molecule has 0 saturated heterocycles. The van der Waals surface area contributed by atoms with E-state index in [9.17, 15) is 0 Å². The van der Waals surface area contributed by atoms with Crippen molar-refractivity contribution in [2.24, 2.45) is 0 Å². The standard InChI is InChI=1S/C5HClN4/c6-5-8-3-2-4(9-5)10(3)1-7-2/h1H. The molecule has 5 rings (SSSR count). The minimum absolute atomic E-state index is 0.301. The molecule has 4 nitrogen and oxygen atoms in total. The van der Waals surface area contributed by atoms with Crippen LogP contribution in [-0.2, 0) is 0 Å². The van der Waals surface area contributed by atoms with Crippen molar-refractivity contribution in [1.29, 1.82) is 0 Å². The lowest BCUT2D eigenvalue weighted by atomic mass is 10.4. The molecule has 0 atom stereocenters. The summed E-state index contributed by atoms with van der Waals surface area (Å²) < 4.78 is 1.81. The van der Waals surface area contributed by atoms with E-state index in [2.05, 4.69) is 15.0 Å². The third kappa shape index (κ3) is 0.301. The van der Waals surface area contributed by atoms with Gasteiger partial charge in [-0.05, 0) is 11.6 Å². The lowest BCUT2D eigenvalue weighted by Crippen LogP contribution is -1.99. The normalized spacial score (nSPS) is 12.5. The van der Waals surface area contributed by atoms with Crippen molar-refractivity contribution >= 4 is 28.4 Å². The number of rotatable bonds is 0. The molecule has 5 aromatic heterocycles. The van der Waals surface area contributed by atoms with Crippen molar-refractivity contribution < 1.29 is 0 Å². The van der Waals surface area contributed by atoms with Gasteiger partial charge in [-0.2, -0.15) is 9.97 Å². The van der Waals surface area contributed by atoms with Gasteiger partial charge in [0.25, 0.3) is 0 Å². The summed E-state index contributed by atoms with van der Waals surface area (Å²) in [7, 11) is 0. The predicted molar refractivity (Wildman–Crippen MR) is 35.7 cm³/mol. The summed E-state index contributed by atoms with van der Waals surface area (Å²) in [6, 6.07) is 0. The second-order valence-electron chi connectivity index (χ2n) is 2.10. The molecule has 0 aliphatic rings. The van der Waals surface area contributed by atoms with Gasteiger partial charge in [-0.25, -0.2) is 4.98 Å². The molecule has 5 heterocycles. The molecule has 5 heteroatoms. The summed E-state index contributed by atoms with van der Waals surface area (Å²) in [5, 5.41) is 0.301. The van der Waals surface area contributed by atoms with Crippen molar-refractivity contribution in [2.75, 3.05) is 0 Å². The first kappa shape index (κ1) is 4.62. The zero-order valence-corrected chi connectivity index (χ0v) is 5.50. The van der Waals surface area contributed by atoms with Gasteiger partial charge in [-0.1, -0.05) is 0 Å². The van der Waals surface area contributed by atoms with Crippen LogP contribution in [0.25, 0.3) is 16.8 Å². The van der Waals surface area contributed by atoms with E-state index in [4.69, 9.17) is 11.6 Å². The van der Waals surface area contributed by atoms with Gasteiger partial charge in [0.1, 0.15) is 6.33 Å². The fraction of sp³-hybridized carbons (Fsp3) is 0. The maximum Gasteiger partial charge on any atom is 0.226 e. The first-order chi connectivity index (χ1) is 4.86. The largest absolute Gasteiger partial charge is 0.265 e. The number of imidazole rings is 2. The molecule has 0 aliphatic carbocycles. The number of halogens is 1. The van der Waals surface area contributed by atoms with E-state index >= 15 is 0 Å². The molecule has 0 saturated carbocycles. The van der Waals surface area contributed by atoms with Crippen molar-refractivity contribution in [2.45, 2.75) is 0 Å². The second kappa shape index (κ2) is 1.15. The van der Waals surface area contributed by atoms with Gasteiger partial charge < -0.3 is 0 Å². The average Bonchev–Trinajstić information content (AvgIpc) is 2.47. The maximum absolute atomic E-state index is 5.55. The van der Waals surface area contributed by atoms with E-state index in [-0.39, 0.29) is 0 Å². The van der Waals surface area contributed by atoms with E-state index in [0.717, 1.165) is 16.8 Å². The molecule has 10 heavy (non-hydrogen) atoms. The highest BCUT2D eigenvalue weighted by Gasteiger charge is 2.17. The molecule has 0 amide bonds. The summed E-state index contributed by atoms with van der Waals surface area (Å²) >= 11 is 5.55. The Morgan fingerprint density at radius 2 is 2.00 bits per heavy atom.